The number of hydrogen-bond donors (Lipinski definition) is 1. The molecule has 0 radical (unpaired) electrons. The van der Waals surface area contributed by atoms with E-state index in [1.807, 2.05) is 48.5 Å². The Morgan fingerprint density at radius 2 is 1.92 bits per heavy atom. The first-order valence-corrected chi connectivity index (χ1v) is 8.24. The maximum atomic E-state index is 12.4. The number of ether oxygens (including phenoxy) is 2. The molecule has 0 saturated heterocycles. The largest absolute Gasteiger partial charge is 0.486 e. The van der Waals surface area contributed by atoms with Gasteiger partial charge in [0.2, 0.25) is 0 Å². The van der Waals surface area contributed by atoms with E-state index >= 15 is 0 Å². The van der Waals surface area contributed by atoms with Crippen LogP contribution in [0.1, 0.15) is 23.7 Å². The maximum Gasteiger partial charge on any atom is 0.269 e. The van der Waals surface area contributed by atoms with E-state index in [1.165, 1.54) is 0 Å². The summed E-state index contributed by atoms with van der Waals surface area (Å²) in [7, 11) is 0. The summed E-state index contributed by atoms with van der Waals surface area (Å²) < 4.78 is 11.2. The third-order valence-electron chi connectivity index (χ3n) is 4.19. The fourth-order valence-electron chi connectivity index (χ4n) is 2.91. The van der Waals surface area contributed by atoms with Crippen LogP contribution in [0.2, 0.25) is 0 Å². The lowest BCUT2D eigenvalue weighted by Gasteiger charge is -2.21. The molecule has 128 valence electrons. The van der Waals surface area contributed by atoms with Gasteiger partial charge in [0, 0.05) is 18.5 Å². The van der Waals surface area contributed by atoms with Crippen molar-refractivity contribution in [1.82, 2.24) is 5.32 Å². The molecule has 4 rings (SSSR count). The molecule has 0 aliphatic carbocycles. The first kappa shape index (κ1) is 15.5. The molecule has 0 unspecified atom stereocenters. The number of carbonyl (C=O) groups is 1. The van der Waals surface area contributed by atoms with Gasteiger partial charge in [0.05, 0.1) is 0 Å². The van der Waals surface area contributed by atoms with Crippen LogP contribution in [0.4, 0.5) is 0 Å². The molecular weight excluding hydrogens is 320 g/mol. The highest BCUT2D eigenvalue weighted by molar-refractivity contribution is 6.39. The van der Waals surface area contributed by atoms with Gasteiger partial charge in [0.1, 0.15) is 18.9 Å². The minimum atomic E-state index is -0.229. The van der Waals surface area contributed by atoms with E-state index < -0.39 is 0 Å². The predicted molar refractivity (Wildman–Crippen MR) is 91.6 cm³/mol. The Bertz CT molecular complexity index is 804. The van der Waals surface area contributed by atoms with Crippen molar-refractivity contribution in [3.8, 4) is 11.5 Å². The predicted octanol–water partition coefficient (Wildman–Crippen LogP) is 2.59. The number of carbonyl (C=O) groups excluding carboxylic acids is 1. The van der Waals surface area contributed by atoms with Crippen LogP contribution in [0.5, 0.6) is 11.5 Å². The highest BCUT2D eigenvalue weighted by atomic mass is 16.6. The monoisotopic (exact) mass is 338 g/mol. The summed E-state index contributed by atoms with van der Waals surface area (Å²) in [5.41, 5.74) is 2.29. The molecule has 0 saturated carbocycles. The fraction of sp³-hybridized carbons (Fsp3) is 0.263. The van der Waals surface area contributed by atoms with Crippen LogP contribution in [0, 0.1) is 0 Å². The lowest BCUT2D eigenvalue weighted by Crippen LogP contribution is -2.30. The molecule has 2 heterocycles. The van der Waals surface area contributed by atoms with Crippen molar-refractivity contribution in [2.45, 2.75) is 19.1 Å². The summed E-state index contributed by atoms with van der Waals surface area (Å²) in [5.74, 6) is 1.18. The Hall–Kier alpha value is -3.02. The van der Waals surface area contributed by atoms with Crippen molar-refractivity contribution in [2.75, 3.05) is 13.2 Å². The van der Waals surface area contributed by atoms with Crippen molar-refractivity contribution >= 4 is 11.6 Å². The Morgan fingerprint density at radius 3 is 2.80 bits per heavy atom. The summed E-state index contributed by atoms with van der Waals surface area (Å²) >= 11 is 0. The van der Waals surface area contributed by atoms with Crippen LogP contribution in [-0.2, 0) is 16.2 Å². The summed E-state index contributed by atoms with van der Waals surface area (Å²) in [4.78, 5) is 17.8. The van der Waals surface area contributed by atoms with Gasteiger partial charge in [0.15, 0.2) is 17.6 Å². The number of amides is 1. The fourth-order valence-corrected chi connectivity index (χ4v) is 2.91. The second kappa shape index (κ2) is 6.84. The molecule has 2 aliphatic heterocycles. The van der Waals surface area contributed by atoms with Crippen molar-refractivity contribution in [3.05, 3.63) is 59.7 Å². The number of nitrogens with one attached hydrogen (secondary N) is 1. The average molecular weight is 338 g/mol. The molecule has 0 bridgehead atoms. The standard InChI is InChI=1S/C19H18N2O4/c22-19(15-11-17(25-21-15)13-5-2-1-3-6-13)20-12-14-7-4-8-16-18(14)24-10-9-23-16/h1-8,17H,9-12H2,(H,20,22)/t17-/m0/s1. The van der Waals surface area contributed by atoms with Gasteiger partial charge in [-0.05, 0) is 11.6 Å². The number of para-hydroxylation sites is 1. The van der Waals surface area contributed by atoms with Crippen LogP contribution in [0.15, 0.2) is 53.7 Å². The zero-order valence-corrected chi connectivity index (χ0v) is 13.6. The molecule has 1 N–H and O–H groups in total. The molecular formula is C19H18N2O4. The quantitative estimate of drug-likeness (QED) is 0.930. The molecule has 25 heavy (non-hydrogen) atoms. The van der Waals surface area contributed by atoms with E-state index in [0.29, 0.717) is 43.4 Å². The van der Waals surface area contributed by atoms with E-state index in [0.717, 1.165) is 11.1 Å². The van der Waals surface area contributed by atoms with Gasteiger partial charge in [-0.25, -0.2) is 0 Å². The number of fused-ring (bicyclic) bond motifs is 1. The number of rotatable bonds is 4. The molecule has 0 fully saturated rings. The lowest BCUT2D eigenvalue weighted by molar-refractivity contribution is -0.115. The summed E-state index contributed by atoms with van der Waals surface area (Å²) in [6, 6.07) is 15.4. The van der Waals surface area contributed by atoms with E-state index in [9.17, 15) is 4.79 Å². The van der Waals surface area contributed by atoms with E-state index in [1.54, 1.807) is 0 Å². The third-order valence-corrected chi connectivity index (χ3v) is 4.19. The summed E-state index contributed by atoms with van der Waals surface area (Å²) in [6.45, 7) is 1.40. The SMILES string of the molecule is O=C(NCc1cccc2c1OCCO2)C1=NO[C@H](c2ccccc2)C1. The zero-order chi connectivity index (χ0) is 17.1. The summed E-state index contributed by atoms with van der Waals surface area (Å²) in [6.07, 6.45) is 0.255. The molecule has 6 nitrogen and oxygen atoms in total. The first-order chi connectivity index (χ1) is 12.3. The van der Waals surface area contributed by atoms with Gasteiger partial charge in [0.25, 0.3) is 5.91 Å². The van der Waals surface area contributed by atoms with Crippen molar-refractivity contribution in [1.29, 1.82) is 0 Å². The van der Waals surface area contributed by atoms with Crippen molar-refractivity contribution in [3.63, 3.8) is 0 Å². The Morgan fingerprint density at radius 1 is 1.08 bits per heavy atom. The van der Waals surface area contributed by atoms with Crippen LogP contribution in [-0.4, -0.2) is 24.8 Å². The topological polar surface area (TPSA) is 69.2 Å². The molecule has 2 aromatic rings. The molecule has 2 aromatic carbocycles. The van der Waals surface area contributed by atoms with Gasteiger partial charge in [-0.3, -0.25) is 4.79 Å². The highest BCUT2D eigenvalue weighted by Crippen LogP contribution is 2.33. The van der Waals surface area contributed by atoms with Gasteiger partial charge in [-0.1, -0.05) is 47.6 Å². The molecule has 6 heteroatoms. The van der Waals surface area contributed by atoms with Crippen molar-refractivity contribution < 1.29 is 19.1 Å². The van der Waals surface area contributed by atoms with Crippen LogP contribution in [0.25, 0.3) is 0 Å². The summed E-state index contributed by atoms with van der Waals surface area (Å²) in [5, 5.41) is 6.82. The van der Waals surface area contributed by atoms with Crippen LogP contribution < -0.4 is 14.8 Å². The Labute approximate surface area is 145 Å². The second-order valence-corrected chi connectivity index (χ2v) is 5.87. The number of hydrogen-bond acceptors (Lipinski definition) is 5. The molecule has 1 amide bonds. The van der Waals surface area contributed by atoms with Crippen LogP contribution >= 0.6 is 0 Å². The van der Waals surface area contributed by atoms with E-state index in [-0.39, 0.29) is 12.0 Å². The van der Waals surface area contributed by atoms with Gasteiger partial charge in [-0.2, -0.15) is 0 Å². The lowest BCUT2D eigenvalue weighted by atomic mass is 10.0. The Balaban J connectivity index is 1.37. The number of benzene rings is 2. The third kappa shape index (κ3) is 3.28. The molecule has 1 atom stereocenters. The molecule has 2 aliphatic rings. The van der Waals surface area contributed by atoms with Crippen LogP contribution in [0.3, 0.4) is 0 Å². The van der Waals surface area contributed by atoms with E-state index in [2.05, 4.69) is 10.5 Å². The Kier molecular flexibility index (Phi) is 4.24. The normalized spacial score (nSPS) is 18.2. The number of oxime groups is 1. The minimum absolute atomic E-state index is 0.205. The van der Waals surface area contributed by atoms with Gasteiger partial charge < -0.3 is 19.6 Å². The van der Waals surface area contributed by atoms with E-state index in [4.69, 9.17) is 14.3 Å². The second-order valence-electron chi connectivity index (χ2n) is 5.87. The number of nitrogens with zero attached hydrogens (tertiary/aromatic N) is 1. The first-order valence-electron chi connectivity index (χ1n) is 8.24. The van der Waals surface area contributed by atoms with Crippen molar-refractivity contribution in [2.24, 2.45) is 5.16 Å². The molecule has 0 aromatic heterocycles. The minimum Gasteiger partial charge on any atom is -0.486 e. The van der Waals surface area contributed by atoms with Gasteiger partial charge >= 0.3 is 0 Å². The average Bonchev–Trinajstić information content (AvgIpc) is 3.17. The maximum absolute atomic E-state index is 12.4. The zero-order valence-electron chi connectivity index (χ0n) is 13.6. The highest BCUT2D eigenvalue weighted by Gasteiger charge is 2.27. The smallest absolute Gasteiger partial charge is 0.269 e. The van der Waals surface area contributed by atoms with Gasteiger partial charge in [-0.15, -0.1) is 0 Å². The molecule has 0 spiro atoms.